The Balaban J connectivity index is 2.20. The number of piperidine rings is 1. The fourth-order valence-corrected chi connectivity index (χ4v) is 3.52. The highest BCUT2D eigenvalue weighted by Crippen LogP contribution is 2.34. The minimum Gasteiger partial charge on any atom is -0.480 e. The first kappa shape index (κ1) is 15.3. The molecule has 0 spiro atoms. The standard InChI is InChI=1S/C15H26N2O3/c1-2-15(8-6-9-16-11-15)14(20)17-10-5-3-4-7-12(17)13(18)19/h12,16H,2-11H2,1H3,(H,18,19). The third-order valence-corrected chi connectivity index (χ3v) is 4.90. The summed E-state index contributed by atoms with van der Waals surface area (Å²) in [6.07, 6.45) is 6.07. The fraction of sp³-hybridized carbons (Fsp3) is 0.867. The van der Waals surface area contributed by atoms with Crippen LogP contribution in [0.4, 0.5) is 0 Å². The lowest BCUT2D eigenvalue weighted by Gasteiger charge is -2.41. The molecular weight excluding hydrogens is 256 g/mol. The number of rotatable bonds is 3. The molecule has 2 N–H and O–H groups in total. The van der Waals surface area contributed by atoms with Crippen molar-refractivity contribution in [2.24, 2.45) is 5.41 Å². The molecular formula is C15H26N2O3. The highest BCUT2D eigenvalue weighted by Gasteiger charge is 2.43. The summed E-state index contributed by atoms with van der Waals surface area (Å²) in [6, 6.07) is -0.629. The average Bonchev–Trinajstić information content (AvgIpc) is 2.73. The minimum atomic E-state index is -0.852. The maximum Gasteiger partial charge on any atom is 0.326 e. The zero-order chi connectivity index (χ0) is 14.6. The highest BCUT2D eigenvalue weighted by atomic mass is 16.4. The van der Waals surface area contributed by atoms with Gasteiger partial charge in [0.05, 0.1) is 5.41 Å². The number of nitrogens with zero attached hydrogens (tertiary/aromatic N) is 1. The van der Waals surface area contributed by atoms with Gasteiger partial charge < -0.3 is 15.3 Å². The van der Waals surface area contributed by atoms with Crippen LogP contribution in [0.15, 0.2) is 0 Å². The van der Waals surface area contributed by atoms with Gasteiger partial charge >= 0.3 is 5.97 Å². The molecule has 0 aromatic rings. The summed E-state index contributed by atoms with van der Waals surface area (Å²) in [7, 11) is 0. The molecule has 2 heterocycles. The molecule has 5 nitrogen and oxygen atoms in total. The van der Waals surface area contributed by atoms with Crippen LogP contribution in [0, 0.1) is 5.41 Å². The molecule has 1 amide bonds. The number of carbonyl (C=O) groups excluding carboxylic acids is 1. The molecule has 2 atom stereocenters. The van der Waals surface area contributed by atoms with E-state index >= 15 is 0 Å². The third kappa shape index (κ3) is 2.97. The van der Waals surface area contributed by atoms with Crippen molar-refractivity contribution in [3.63, 3.8) is 0 Å². The molecule has 2 fully saturated rings. The molecule has 0 saturated carbocycles. The summed E-state index contributed by atoms with van der Waals surface area (Å²) in [5.74, 6) is -0.795. The van der Waals surface area contributed by atoms with Gasteiger partial charge in [-0.2, -0.15) is 0 Å². The van der Waals surface area contributed by atoms with Crippen LogP contribution < -0.4 is 5.32 Å². The lowest BCUT2D eigenvalue weighted by molar-refractivity contribution is -0.156. The van der Waals surface area contributed by atoms with Crippen molar-refractivity contribution in [1.29, 1.82) is 0 Å². The number of hydrogen-bond donors (Lipinski definition) is 2. The Labute approximate surface area is 120 Å². The summed E-state index contributed by atoms with van der Waals surface area (Å²) in [6.45, 7) is 4.28. The molecule has 0 aromatic heterocycles. The van der Waals surface area contributed by atoms with E-state index in [9.17, 15) is 14.7 Å². The number of likely N-dealkylation sites (tertiary alicyclic amines) is 1. The molecule has 2 aliphatic heterocycles. The highest BCUT2D eigenvalue weighted by molar-refractivity contribution is 5.88. The Morgan fingerprint density at radius 3 is 2.70 bits per heavy atom. The van der Waals surface area contributed by atoms with E-state index < -0.39 is 17.4 Å². The largest absolute Gasteiger partial charge is 0.480 e. The summed E-state index contributed by atoms with van der Waals surface area (Å²) in [5, 5.41) is 12.7. The van der Waals surface area contributed by atoms with Gasteiger partial charge in [-0.15, -0.1) is 0 Å². The van der Waals surface area contributed by atoms with E-state index in [-0.39, 0.29) is 5.91 Å². The maximum atomic E-state index is 13.0. The van der Waals surface area contributed by atoms with Crippen LogP contribution in [0.5, 0.6) is 0 Å². The molecule has 2 aliphatic rings. The van der Waals surface area contributed by atoms with Crippen LogP contribution in [0.25, 0.3) is 0 Å². The van der Waals surface area contributed by atoms with Gasteiger partial charge in [-0.3, -0.25) is 4.79 Å². The molecule has 20 heavy (non-hydrogen) atoms. The Hall–Kier alpha value is -1.10. The molecule has 114 valence electrons. The molecule has 0 radical (unpaired) electrons. The van der Waals surface area contributed by atoms with E-state index in [1.165, 1.54) is 0 Å². The summed E-state index contributed by atoms with van der Waals surface area (Å²) in [4.78, 5) is 26.1. The van der Waals surface area contributed by atoms with Crippen LogP contribution in [-0.2, 0) is 9.59 Å². The number of hydrogen-bond acceptors (Lipinski definition) is 3. The number of nitrogens with one attached hydrogen (secondary N) is 1. The van der Waals surface area contributed by atoms with Crippen molar-refractivity contribution in [1.82, 2.24) is 10.2 Å². The number of carboxylic acid groups (broad SMARTS) is 1. The van der Waals surface area contributed by atoms with Crippen molar-refractivity contribution in [2.45, 2.75) is 57.9 Å². The lowest BCUT2D eigenvalue weighted by atomic mass is 9.76. The van der Waals surface area contributed by atoms with E-state index in [2.05, 4.69) is 5.32 Å². The molecule has 2 unspecified atom stereocenters. The molecule has 2 saturated heterocycles. The van der Waals surface area contributed by atoms with Gasteiger partial charge in [0.2, 0.25) is 5.91 Å². The van der Waals surface area contributed by atoms with Crippen LogP contribution in [0.1, 0.15) is 51.9 Å². The van der Waals surface area contributed by atoms with Gasteiger partial charge in [-0.25, -0.2) is 4.79 Å². The molecule has 5 heteroatoms. The van der Waals surface area contributed by atoms with E-state index in [1.807, 2.05) is 6.92 Å². The van der Waals surface area contributed by atoms with Gasteiger partial charge in [0.1, 0.15) is 6.04 Å². The Kier molecular flexibility index (Phi) is 5.02. The van der Waals surface area contributed by atoms with Gasteiger partial charge in [0.15, 0.2) is 0 Å². The zero-order valence-electron chi connectivity index (χ0n) is 12.4. The van der Waals surface area contributed by atoms with E-state index in [0.717, 1.165) is 45.1 Å². The lowest BCUT2D eigenvalue weighted by Crippen LogP contribution is -2.55. The molecule has 0 aliphatic carbocycles. The van der Waals surface area contributed by atoms with Crippen LogP contribution in [-0.4, -0.2) is 47.6 Å². The van der Waals surface area contributed by atoms with Crippen molar-refractivity contribution >= 4 is 11.9 Å². The number of carbonyl (C=O) groups is 2. The van der Waals surface area contributed by atoms with Crippen LogP contribution in [0.2, 0.25) is 0 Å². The monoisotopic (exact) mass is 282 g/mol. The van der Waals surface area contributed by atoms with Gasteiger partial charge in [0, 0.05) is 13.1 Å². The second-order valence-electron chi connectivity index (χ2n) is 6.12. The first-order valence-electron chi connectivity index (χ1n) is 7.85. The predicted molar refractivity (Wildman–Crippen MR) is 76.4 cm³/mol. The Morgan fingerprint density at radius 1 is 1.30 bits per heavy atom. The SMILES string of the molecule is CCC1(C(=O)N2CCCCCC2C(=O)O)CCCNC1. The topological polar surface area (TPSA) is 69.6 Å². The average molecular weight is 282 g/mol. The van der Waals surface area contributed by atoms with Crippen molar-refractivity contribution in [3.05, 3.63) is 0 Å². The van der Waals surface area contributed by atoms with Crippen LogP contribution >= 0.6 is 0 Å². The van der Waals surface area contributed by atoms with E-state index in [1.54, 1.807) is 4.90 Å². The number of aliphatic carboxylic acids is 1. The molecule has 0 aromatic carbocycles. The summed E-state index contributed by atoms with van der Waals surface area (Å²) in [5.41, 5.74) is -0.393. The normalized spacial score (nSPS) is 31.6. The van der Waals surface area contributed by atoms with Crippen molar-refractivity contribution in [3.8, 4) is 0 Å². The minimum absolute atomic E-state index is 0.0569. The third-order valence-electron chi connectivity index (χ3n) is 4.90. The van der Waals surface area contributed by atoms with Crippen molar-refractivity contribution < 1.29 is 14.7 Å². The zero-order valence-corrected chi connectivity index (χ0v) is 12.4. The van der Waals surface area contributed by atoms with Gasteiger partial charge in [-0.05, 0) is 38.6 Å². The van der Waals surface area contributed by atoms with Crippen molar-refractivity contribution in [2.75, 3.05) is 19.6 Å². The molecule has 2 rings (SSSR count). The summed E-state index contributed by atoms with van der Waals surface area (Å²) >= 11 is 0. The molecule has 0 bridgehead atoms. The predicted octanol–water partition coefficient (Wildman–Crippen LogP) is 1.62. The Bertz CT molecular complexity index is 364. The second kappa shape index (κ2) is 6.57. The first-order chi connectivity index (χ1) is 9.60. The fourth-order valence-electron chi connectivity index (χ4n) is 3.52. The number of amides is 1. The van der Waals surface area contributed by atoms with E-state index in [0.29, 0.717) is 19.5 Å². The quantitative estimate of drug-likeness (QED) is 0.825. The van der Waals surface area contributed by atoms with Gasteiger partial charge in [0.25, 0.3) is 0 Å². The maximum absolute atomic E-state index is 13.0. The summed E-state index contributed by atoms with van der Waals surface area (Å²) < 4.78 is 0. The first-order valence-corrected chi connectivity index (χ1v) is 7.85. The Morgan fingerprint density at radius 2 is 2.10 bits per heavy atom. The van der Waals surface area contributed by atoms with Gasteiger partial charge in [-0.1, -0.05) is 19.8 Å². The second-order valence-corrected chi connectivity index (χ2v) is 6.12. The number of carboxylic acids is 1. The van der Waals surface area contributed by atoms with Crippen LogP contribution in [0.3, 0.4) is 0 Å². The van der Waals surface area contributed by atoms with E-state index in [4.69, 9.17) is 0 Å². The smallest absolute Gasteiger partial charge is 0.326 e.